The summed E-state index contributed by atoms with van der Waals surface area (Å²) in [7, 11) is 0. The molecule has 50 heavy (non-hydrogen) atoms. The minimum absolute atomic E-state index is 0.0794. The number of aliphatic hydroxyl groups is 2. The van der Waals surface area contributed by atoms with Crippen LogP contribution in [0.3, 0.4) is 0 Å². The zero-order valence-corrected chi connectivity index (χ0v) is 32.9. The first kappa shape index (κ1) is 47.8. The van der Waals surface area contributed by atoms with E-state index in [1.165, 1.54) is 116 Å². The summed E-state index contributed by atoms with van der Waals surface area (Å²) < 4.78 is 0. The van der Waals surface area contributed by atoms with Gasteiger partial charge >= 0.3 is 0 Å². The highest BCUT2D eigenvalue weighted by atomic mass is 16.3. The van der Waals surface area contributed by atoms with Crippen LogP contribution in [-0.4, -0.2) is 34.9 Å². The number of hydrogen-bond acceptors (Lipinski definition) is 3. The molecule has 4 nitrogen and oxygen atoms in total. The first-order valence-corrected chi connectivity index (χ1v) is 21.2. The van der Waals surface area contributed by atoms with Gasteiger partial charge in [0.2, 0.25) is 5.91 Å². The van der Waals surface area contributed by atoms with Gasteiger partial charge in [0.05, 0.1) is 18.8 Å². The van der Waals surface area contributed by atoms with Crippen LogP contribution < -0.4 is 5.32 Å². The fourth-order valence-corrected chi connectivity index (χ4v) is 5.95. The zero-order valence-electron chi connectivity index (χ0n) is 32.9. The van der Waals surface area contributed by atoms with E-state index in [4.69, 9.17) is 0 Å². The second-order valence-electron chi connectivity index (χ2n) is 14.0. The Morgan fingerprint density at radius 2 is 0.900 bits per heavy atom. The van der Waals surface area contributed by atoms with Gasteiger partial charge in [-0.1, -0.05) is 189 Å². The number of carbonyl (C=O) groups is 1. The van der Waals surface area contributed by atoms with Crippen LogP contribution in [0.4, 0.5) is 0 Å². The molecule has 0 aliphatic rings. The van der Waals surface area contributed by atoms with Crippen molar-refractivity contribution in [3.8, 4) is 0 Å². The third kappa shape index (κ3) is 37.1. The Bertz CT molecular complexity index is 884. The first-order chi connectivity index (χ1) is 24.7. The average Bonchev–Trinajstić information content (AvgIpc) is 3.12. The summed E-state index contributed by atoms with van der Waals surface area (Å²) in [4.78, 5) is 12.3. The van der Waals surface area contributed by atoms with Crippen molar-refractivity contribution >= 4 is 5.91 Å². The SMILES string of the molecule is CC/C=C\C/C=C\C/C=C\C/C=C\CCCCCCCCCCCCCCCCC(=O)NC(CO)C(O)/C=C/CC/C=C/CCCCCCC. The van der Waals surface area contributed by atoms with Crippen molar-refractivity contribution in [3.63, 3.8) is 0 Å². The highest BCUT2D eigenvalue weighted by Gasteiger charge is 2.17. The van der Waals surface area contributed by atoms with E-state index in [0.717, 1.165) is 57.8 Å². The number of rotatable bonds is 37. The van der Waals surface area contributed by atoms with Gasteiger partial charge in [-0.05, 0) is 70.6 Å². The van der Waals surface area contributed by atoms with Gasteiger partial charge in [0.1, 0.15) is 0 Å². The molecule has 0 heterocycles. The molecule has 1 amide bonds. The van der Waals surface area contributed by atoms with Crippen LogP contribution in [-0.2, 0) is 4.79 Å². The van der Waals surface area contributed by atoms with Gasteiger partial charge in [0.15, 0.2) is 0 Å². The highest BCUT2D eigenvalue weighted by molar-refractivity contribution is 5.76. The van der Waals surface area contributed by atoms with Crippen molar-refractivity contribution in [1.82, 2.24) is 5.32 Å². The highest BCUT2D eigenvalue weighted by Crippen LogP contribution is 2.14. The van der Waals surface area contributed by atoms with Gasteiger partial charge in [0.25, 0.3) is 0 Å². The van der Waals surface area contributed by atoms with Crippen LogP contribution in [0.1, 0.15) is 194 Å². The van der Waals surface area contributed by atoms with Gasteiger partial charge < -0.3 is 15.5 Å². The molecule has 2 unspecified atom stereocenters. The van der Waals surface area contributed by atoms with E-state index < -0.39 is 12.1 Å². The molecule has 0 radical (unpaired) electrons. The Hall–Kier alpha value is -2.17. The monoisotopic (exact) mass is 696 g/mol. The lowest BCUT2D eigenvalue weighted by Crippen LogP contribution is -2.45. The summed E-state index contributed by atoms with van der Waals surface area (Å²) in [6, 6.07) is -0.640. The number of hydrogen-bond donors (Lipinski definition) is 3. The lowest BCUT2D eigenvalue weighted by atomic mass is 10.0. The molecular weight excluding hydrogens is 615 g/mol. The maximum atomic E-state index is 12.3. The molecule has 0 fully saturated rings. The zero-order chi connectivity index (χ0) is 36.4. The van der Waals surface area contributed by atoms with Gasteiger partial charge in [-0.2, -0.15) is 0 Å². The molecule has 0 aromatic heterocycles. The fourth-order valence-electron chi connectivity index (χ4n) is 5.95. The van der Waals surface area contributed by atoms with Crippen LogP contribution in [0.5, 0.6) is 0 Å². The summed E-state index contributed by atoms with van der Waals surface area (Å²) in [5, 5.41) is 22.9. The van der Waals surface area contributed by atoms with Crippen LogP contribution in [0, 0.1) is 0 Å². The Kier molecular flexibility index (Phi) is 39.5. The van der Waals surface area contributed by atoms with Crippen molar-refractivity contribution in [2.75, 3.05) is 6.61 Å². The number of carbonyl (C=O) groups excluding carboxylic acids is 1. The third-order valence-electron chi connectivity index (χ3n) is 9.17. The van der Waals surface area contributed by atoms with Crippen LogP contribution in [0.2, 0.25) is 0 Å². The minimum Gasteiger partial charge on any atom is -0.394 e. The number of nitrogens with one attached hydrogen (secondary N) is 1. The number of aliphatic hydroxyl groups excluding tert-OH is 2. The third-order valence-corrected chi connectivity index (χ3v) is 9.17. The maximum absolute atomic E-state index is 12.3. The van der Waals surface area contributed by atoms with Gasteiger partial charge in [-0.25, -0.2) is 0 Å². The molecule has 3 N–H and O–H groups in total. The molecule has 0 aliphatic carbocycles. The smallest absolute Gasteiger partial charge is 0.220 e. The molecule has 0 rings (SSSR count). The van der Waals surface area contributed by atoms with Crippen LogP contribution in [0.15, 0.2) is 72.9 Å². The quantitative estimate of drug-likeness (QED) is 0.0447. The molecule has 0 aliphatic heterocycles. The van der Waals surface area contributed by atoms with Gasteiger partial charge in [-0.15, -0.1) is 0 Å². The molecule has 0 saturated carbocycles. The van der Waals surface area contributed by atoms with E-state index in [1.54, 1.807) is 6.08 Å². The largest absolute Gasteiger partial charge is 0.394 e. The lowest BCUT2D eigenvalue weighted by Gasteiger charge is -2.19. The summed E-state index contributed by atoms with van der Waals surface area (Å²) >= 11 is 0. The molecule has 2 atom stereocenters. The second-order valence-corrected chi connectivity index (χ2v) is 14.0. The molecule has 0 saturated heterocycles. The van der Waals surface area contributed by atoms with Gasteiger partial charge in [-0.3, -0.25) is 4.79 Å². The number of allylic oxidation sites excluding steroid dienone is 11. The van der Waals surface area contributed by atoms with Crippen LogP contribution in [0.25, 0.3) is 0 Å². The lowest BCUT2D eigenvalue weighted by molar-refractivity contribution is -0.123. The Balaban J connectivity index is 3.55. The van der Waals surface area contributed by atoms with Crippen molar-refractivity contribution in [3.05, 3.63) is 72.9 Å². The van der Waals surface area contributed by atoms with E-state index in [0.29, 0.717) is 6.42 Å². The van der Waals surface area contributed by atoms with Crippen molar-refractivity contribution in [1.29, 1.82) is 0 Å². The summed E-state index contributed by atoms with van der Waals surface area (Å²) in [5.74, 6) is -0.0794. The molecule has 0 spiro atoms. The minimum atomic E-state index is -0.862. The Labute approximate surface area is 310 Å². The summed E-state index contributed by atoms with van der Waals surface area (Å²) in [6.45, 7) is 4.15. The van der Waals surface area contributed by atoms with Crippen molar-refractivity contribution < 1.29 is 15.0 Å². The van der Waals surface area contributed by atoms with E-state index in [9.17, 15) is 15.0 Å². The van der Waals surface area contributed by atoms with E-state index in [1.807, 2.05) is 6.08 Å². The molecular formula is C46H81NO3. The predicted molar refractivity (Wildman–Crippen MR) is 220 cm³/mol. The van der Waals surface area contributed by atoms with E-state index >= 15 is 0 Å². The molecule has 0 aromatic carbocycles. The standard InChI is InChI=1S/C46H81NO3/c1-3-5-7-9-11-13-15-16-17-18-19-20-21-22-23-24-25-26-27-28-29-30-32-34-36-38-40-42-46(50)47-44(43-48)45(49)41-39-37-35-33-31-14-12-10-8-6-4-2/h5,7,11,13,16-17,19-20,31,33,39,41,44-45,48-49H,3-4,6,8-10,12,14-15,18,21-30,32,34-38,40,42-43H2,1-2H3,(H,47,50)/b7-5-,13-11-,17-16-,20-19-,33-31+,41-39+. The van der Waals surface area contributed by atoms with Crippen LogP contribution >= 0.6 is 0 Å². The fraction of sp³-hybridized carbons (Fsp3) is 0.717. The number of unbranched alkanes of at least 4 members (excludes halogenated alkanes) is 20. The van der Waals surface area contributed by atoms with Gasteiger partial charge in [0, 0.05) is 6.42 Å². The molecule has 0 bridgehead atoms. The Morgan fingerprint density at radius 1 is 0.500 bits per heavy atom. The normalized spacial score (nSPS) is 13.8. The predicted octanol–water partition coefficient (Wildman–Crippen LogP) is 13.1. The first-order valence-electron chi connectivity index (χ1n) is 21.2. The average molecular weight is 696 g/mol. The number of amides is 1. The Morgan fingerprint density at radius 3 is 1.40 bits per heavy atom. The van der Waals surface area contributed by atoms with E-state index in [2.05, 4.69) is 79.9 Å². The topological polar surface area (TPSA) is 69.6 Å². The second kappa shape index (κ2) is 41.3. The molecule has 288 valence electrons. The molecule has 0 aromatic rings. The van der Waals surface area contributed by atoms with E-state index in [-0.39, 0.29) is 12.5 Å². The maximum Gasteiger partial charge on any atom is 0.220 e. The summed E-state index contributed by atoms with van der Waals surface area (Å²) in [6.07, 6.45) is 58.7. The summed E-state index contributed by atoms with van der Waals surface area (Å²) in [5.41, 5.74) is 0. The van der Waals surface area contributed by atoms with Crippen molar-refractivity contribution in [2.45, 2.75) is 206 Å². The van der Waals surface area contributed by atoms with Crippen molar-refractivity contribution in [2.24, 2.45) is 0 Å². The molecule has 4 heteroatoms.